The van der Waals surface area contributed by atoms with Gasteiger partial charge in [0.1, 0.15) is 11.5 Å². The van der Waals surface area contributed by atoms with Crippen LogP contribution >= 0.6 is 0 Å². The van der Waals surface area contributed by atoms with Gasteiger partial charge in [0.15, 0.2) is 0 Å². The average molecular weight is 350 g/mol. The van der Waals surface area contributed by atoms with Crippen molar-refractivity contribution in [1.82, 2.24) is 11.1 Å². The fraction of sp³-hybridized carbons (Fsp3) is 0.227. The SMILES string of the molecule is COc1ccc(Cc2ccnc(Cc3ccc(OC)cc3)c2C)cc1.N. The highest BCUT2D eigenvalue weighted by molar-refractivity contribution is 5.38. The highest BCUT2D eigenvalue weighted by atomic mass is 16.5. The smallest absolute Gasteiger partial charge is 0.118 e. The maximum Gasteiger partial charge on any atom is 0.118 e. The van der Waals surface area contributed by atoms with E-state index in [1.54, 1.807) is 14.2 Å². The number of hydrogen-bond donors (Lipinski definition) is 1. The molecule has 0 fully saturated rings. The minimum atomic E-state index is 0. The minimum Gasteiger partial charge on any atom is -0.497 e. The Morgan fingerprint density at radius 2 is 1.23 bits per heavy atom. The van der Waals surface area contributed by atoms with Crippen LogP contribution in [0.4, 0.5) is 0 Å². The summed E-state index contributed by atoms with van der Waals surface area (Å²) in [6.45, 7) is 2.16. The first-order valence-corrected chi connectivity index (χ1v) is 8.39. The average Bonchev–Trinajstić information content (AvgIpc) is 2.66. The third-order valence-corrected chi connectivity index (χ3v) is 4.50. The predicted molar refractivity (Wildman–Crippen MR) is 106 cm³/mol. The third kappa shape index (κ3) is 4.61. The molecule has 136 valence electrons. The summed E-state index contributed by atoms with van der Waals surface area (Å²) in [6, 6.07) is 18.5. The Kier molecular flexibility index (Phi) is 6.75. The summed E-state index contributed by atoms with van der Waals surface area (Å²) in [5, 5.41) is 0. The number of nitrogens with zero attached hydrogens (tertiary/aromatic N) is 1. The van der Waals surface area contributed by atoms with Crippen LogP contribution in [-0.2, 0) is 12.8 Å². The molecule has 2 aromatic carbocycles. The molecule has 0 aliphatic rings. The fourth-order valence-corrected chi connectivity index (χ4v) is 2.89. The van der Waals surface area contributed by atoms with Crippen LogP contribution in [0.5, 0.6) is 11.5 Å². The zero-order valence-corrected chi connectivity index (χ0v) is 15.7. The second kappa shape index (κ2) is 9.02. The molecular formula is C22H26N2O2. The zero-order chi connectivity index (χ0) is 17.6. The van der Waals surface area contributed by atoms with Gasteiger partial charge in [-0.1, -0.05) is 24.3 Å². The van der Waals surface area contributed by atoms with Crippen LogP contribution in [-0.4, -0.2) is 19.2 Å². The van der Waals surface area contributed by atoms with Crippen molar-refractivity contribution in [3.05, 3.63) is 88.7 Å². The monoisotopic (exact) mass is 350 g/mol. The molecule has 0 saturated carbocycles. The number of benzene rings is 2. The van der Waals surface area contributed by atoms with Crippen LogP contribution in [0.25, 0.3) is 0 Å². The lowest BCUT2D eigenvalue weighted by Gasteiger charge is -2.11. The van der Waals surface area contributed by atoms with Crippen molar-refractivity contribution in [3.8, 4) is 11.5 Å². The number of methoxy groups -OCH3 is 2. The molecule has 1 heterocycles. The van der Waals surface area contributed by atoms with Gasteiger partial charge in [0.2, 0.25) is 0 Å². The molecule has 0 radical (unpaired) electrons. The molecule has 4 heteroatoms. The number of rotatable bonds is 6. The first kappa shape index (κ1) is 19.5. The van der Waals surface area contributed by atoms with Gasteiger partial charge in [0.25, 0.3) is 0 Å². The maximum absolute atomic E-state index is 5.23. The van der Waals surface area contributed by atoms with Gasteiger partial charge in [-0.25, -0.2) is 0 Å². The molecule has 0 amide bonds. The van der Waals surface area contributed by atoms with E-state index in [0.29, 0.717) is 0 Å². The Bertz CT molecular complexity index is 760. The van der Waals surface area contributed by atoms with Crippen LogP contribution in [0.3, 0.4) is 0 Å². The van der Waals surface area contributed by atoms with Gasteiger partial charge >= 0.3 is 0 Å². The summed E-state index contributed by atoms with van der Waals surface area (Å²) in [6.07, 6.45) is 3.63. The van der Waals surface area contributed by atoms with Crippen molar-refractivity contribution in [2.75, 3.05) is 14.2 Å². The third-order valence-electron chi connectivity index (χ3n) is 4.50. The fourth-order valence-electron chi connectivity index (χ4n) is 2.89. The van der Waals surface area contributed by atoms with Gasteiger partial charge in [-0.15, -0.1) is 0 Å². The molecule has 3 aromatic rings. The topological polar surface area (TPSA) is 66.3 Å². The molecule has 3 rings (SSSR count). The summed E-state index contributed by atoms with van der Waals surface area (Å²) in [5.41, 5.74) is 6.19. The number of aromatic nitrogens is 1. The van der Waals surface area contributed by atoms with Gasteiger partial charge in [-0.05, 0) is 65.9 Å². The molecule has 0 aliphatic heterocycles. The van der Waals surface area contributed by atoms with Crippen LogP contribution in [0.2, 0.25) is 0 Å². The number of ether oxygens (including phenoxy) is 2. The van der Waals surface area contributed by atoms with Crippen molar-refractivity contribution in [3.63, 3.8) is 0 Å². The standard InChI is InChI=1S/C22H23NO2.H3N/c1-16-19(14-17-4-8-20(24-2)9-5-17)12-13-23-22(16)15-18-6-10-21(25-3)11-7-18;/h4-13H,14-15H2,1-3H3;1H3. The molecule has 0 unspecified atom stereocenters. The van der Waals surface area contributed by atoms with Crippen molar-refractivity contribution < 1.29 is 9.47 Å². The van der Waals surface area contributed by atoms with Gasteiger partial charge in [-0.3, -0.25) is 4.98 Å². The summed E-state index contributed by atoms with van der Waals surface area (Å²) in [7, 11) is 3.37. The van der Waals surface area contributed by atoms with E-state index in [9.17, 15) is 0 Å². The molecule has 0 aliphatic carbocycles. The molecule has 0 atom stereocenters. The summed E-state index contributed by atoms with van der Waals surface area (Å²) in [5.74, 6) is 1.76. The van der Waals surface area contributed by atoms with Gasteiger partial charge in [-0.2, -0.15) is 0 Å². The summed E-state index contributed by atoms with van der Waals surface area (Å²) < 4.78 is 10.4. The Balaban J connectivity index is 0.00000243. The van der Waals surface area contributed by atoms with Crippen molar-refractivity contribution in [2.24, 2.45) is 0 Å². The van der Waals surface area contributed by atoms with E-state index in [1.807, 2.05) is 30.5 Å². The van der Waals surface area contributed by atoms with E-state index in [0.717, 1.165) is 30.0 Å². The van der Waals surface area contributed by atoms with Crippen LogP contribution in [0, 0.1) is 6.92 Å². The normalized spacial score (nSPS) is 10.1. The Morgan fingerprint density at radius 3 is 1.73 bits per heavy atom. The Hall–Kier alpha value is -2.85. The molecule has 26 heavy (non-hydrogen) atoms. The van der Waals surface area contributed by atoms with Crippen LogP contribution in [0.1, 0.15) is 27.9 Å². The number of hydrogen-bond acceptors (Lipinski definition) is 4. The van der Waals surface area contributed by atoms with Crippen molar-refractivity contribution in [2.45, 2.75) is 19.8 Å². The molecular weight excluding hydrogens is 324 g/mol. The Morgan fingerprint density at radius 1 is 0.731 bits per heavy atom. The van der Waals surface area contributed by atoms with Crippen LogP contribution in [0.15, 0.2) is 60.8 Å². The van der Waals surface area contributed by atoms with E-state index in [-0.39, 0.29) is 6.15 Å². The maximum atomic E-state index is 5.23. The highest BCUT2D eigenvalue weighted by Gasteiger charge is 2.08. The number of pyridine rings is 1. The van der Waals surface area contributed by atoms with Gasteiger partial charge in [0, 0.05) is 18.3 Å². The first-order valence-electron chi connectivity index (χ1n) is 8.39. The first-order chi connectivity index (χ1) is 12.2. The molecule has 4 nitrogen and oxygen atoms in total. The quantitative estimate of drug-likeness (QED) is 0.696. The lowest BCUT2D eigenvalue weighted by Crippen LogP contribution is -2.01. The second-order valence-electron chi connectivity index (χ2n) is 6.09. The van der Waals surface area contributed by atoms with Gasteiger partial charge in [0.05, 0.1) is 14.2 Å². The van der Waals surface area contributed by atoms with Crippen LogP contribution < -0.4 is 15.6 Å². The lowest BCUT2D eigenvalue weighted by atomic mass is 9.97. The summed E-state index contributed by atoms with van der Waals surface area (Å²) >= 11 is 0. The Labute approximate surface area is 155 Å². The molecule has 0 saturated heterocycles. The predicted octanol–water partition coefficient (Wildman–Crippen LogP) is 4.75. The zero-order valence-electron chi connectivity index (χ0n) is 15.7. The van der Waals surface area contributed by atoms with E-state index >= 15 is 0 Å². The molecule has 0 bridgehead atoms. The van der Waals surface area contributed by atoms with E-state index < -0.39 is 0 Å². The minimum absolute atomic E-state index is 0. The largest absolute Gasteiger partial charge is 0.497 e. The summed E-state index contributed by atoms with van der Waals surface area (Å²) in [4.78, 5) is 4.59. The molecule has 0 spiro atoms. The van der Waals surface area contributed by atoms with E-state index in [1.165, 1.54) is 22.3 Å². The highest BCUT2D eigenvalue weighted by Crippen LogP contribution is 2.21. The van der Waals surface area contributed by atoms with Gasteiger partial charge < -0.3 is 15.6 Å². The lowest BCUT2D eigenvalue weighted by molar-refractivity contribution is 0.414. The van der Waals surface area contributed by atoms with Crippen molar-refractivity contribution >= 4 is 0 Å². The van der Waals surface area contributed by atoms with Crippen molar-refractivity contribution in [1.29, 1.82) is 0 Å². The molecule has 1 aromatic heterocycles. The van der Waals surface area contributed by atoms with E-state index in [2.05, 4.69) is 42.2 Å². The second-order valence-corrected chi connectivity index (χ2v) is 6.09. The molecule has 3 N–H and O–H groups in total. The van der Waals surface area contributed by atoms with E-state index in [4.69, 9.17) is 9.47 Å².